The van der Waals surface area contributed by atoms with E-state index in [2.05, 4.69) is 4.98 Å². The molecule has 2 heterocycles. The van der Waals surface area contributed by atoms with E-state index >= 15 is 0 Å². The Kier molecular flexibility index (Phi) is 2.23. The second kappa shape index (κ2) is 3.54. The summed E-state index contributed by atoms with van der Waals surface area (Å²) >= 11 is 0. The van der Waals surface area contributed by atoms with Gasteiger partial charge in [-0.2, -0.15) is 0 Å². The van der Waals surface area contributed by atoms with Crippen LogP contribution in [-0.2, 0) is 0 Å². The summed E-state index contributed by atoms with van der Waals surface area (Å²) in [5, 5.41) is 0. The van der Waals surface area contributed by atoms with E-state index in [9.17, 15) is 0 Å². The molecule has 0 unspecified atom stereocenters. The summed E-state index contributed by atoms with van der Waals surface area (Å²) in [6.45, 7) is 2.70. The van der Waals surface area contributed by atoms with E-state index in [1.165, 1.54) is 0 Å². The molecule has 14 heavy (non-hydrogen) atoms. The Morgan fingerprint density at radius 1 is 1.43 bits per heavy atom. The Balaban J connectivity index is 2.25. The second-order valence-electron chi connectivity index (χ2n) is 3.35. The van der Waals surface area contributed by atoms with E-state index in [4.69, 9.17) is 5.73 Å². The second-order valence-corrected chi connectivity index (χ2v) is 3.35. The van der Waals surface area contributed by atoms with Crippen molar-refractivity contribution in [3.05, 3.63) is 47.9 Å². The van der Waals surface area contributed by atoms with Crippen molar-refractivity contribution < 1.29 is 0 Å². The van der Waals surface area contributed by atoms with Crippen LogP contribution in [0.4, 0.5) is 5.82 Å². The van der Waals surface area contributed by atoms with Gasteiger partial charge >= 0.3 is 0 Å². The number of hydrogen-bond donors (Lipinski definition) is 1. The Morgan fingerprint density at radius 3 is 3.00 bits per heavy atom. The maximum absolute atomic E-state index is 5.74. The number of hydrogen-bond acceptors (Lipinski definition) is 3. The molecule has 0 aliphatic carbocycles. The van der Waals surface area contributed by atoms with Crippen LogP contribution in [0.15, 0.2) is 42.2 Å². The highest BCUT2D eigenvalue weighted by atomic mass is 15.2. The molecule has 72 valence electrons. The molecule has 0 spiro atoms. The van der Waals surface area contributed by atoms with Gasteiger partial charge in [0.05, 0.1) is 6.54 Å². The third-order valence-corrected chi connectivity index (χ3v) is 2.10. The van der Waals surface area contributed by atoms with Crippen molar-refractivity contribution in [2.24, 2.45) is 5.73 Å². The van der Waals surface area contributed by atoms with Gasteiger partial charge in [-0.05, 0) is 31.2 Å². The minimum Gasteiger partial charge on any atom is -0.401 e. The van der Waals surface area contributed by atoms with Gasteiger partial charge in [0.15, 0.2) is 0 Å². The van der Waals surface area contributed by atoms with Gasteiger partial charge in [-0.25, -0.2) is 4.98 Å². The predicted molar refractivity (Wildman–Crippen MR) is 57.7 cm³/mol. The van der Waals surface area contributed by atoms with Crippen molar-refractivity contribution in [2.75, 3.05) is 11.4 Å². The van der Waals surface area contributed by atoms with Crippen LogP contribution in [0, 0.1) is 6.92 Å². The zero-order valence-corrected chi connectivity index (χ0v) is 8.14. The van der Waals surface area contributed by atoms with Gasteiger partial charge in [-0.3, -0.25) is 0 Å². The average molecular weight is 187 g/mol. The number of pyridine rings is 1. The van der Waals surface area contributed by atoms with Crippen molar-refractivity contribution in [2.45, 2.75) is 6.92 Å². The molecule has 1 aromatic rings. The van der Waals surface area contributed by atoms with E-state index in [1.807, 2.05) is 48.4 Å². The number of nitrogens with two attached hydrogens (primary N) is 1. The highest BCUT2D eigenvalue weighted by Gasteiger charge is 2.07. The van der Waals surface area contributed by atoms with Gasteiger partial charge in [-0.15, -0.1) is 0 Å². The van der Waals surface area contributed by atoms with Crippen LogP contribution >= 0.6 is 0 Å². The fourth-order valence-electron chi connectivity index (χ4n) is 1.42. The Bertz CT molecular complexity index is 393. The van der Waals surface area contributed by atoms with Crippen molar-refractivity contribution in [1.82, 2.24) is 4.98 Å². The average Bonchev–Trinajstić information content (AvgIpc) is 2.18. The van der Waals surface area contributed by atoms with Crippen molar-refractivity contribution in [1.29, 1.82) is 0 Å². The molecule has 0 saturated carbocycles. The van der Waals surface area contributed by atoms with Gasteiger partial charge in [0.2, 0.25) is 0 Å². The van der Waals surface area contributed by atoms with Crippen LogP contribution in [0.1, 0.15) is 5.69 Å². The topological polar surface area (TPSA) is 42.1 Å². The molecule has 0 aromatic carbocycles. The van der Waals surface area contributed by atoms with Gasteiger partial charge in [0, 0.05) is 17.6 Å². The number of aromatic nitrogens is 1. The van der Waals surface area contributed by atoms with Crippen LogP contribution in [0.2, 0.25) is 0 Å². The molecule has 0 bridgehead atoms. The minimum atomic E-state index is 0.715. The summed E-state index contributed by atoms with van der Waals surface area (Å²) in [6.07, 6.45) is 5.83. The lowest BCUT2D eigenvalue weighted by atomic mass is 10.3. The Labute approximate surface area is 83.6 Å². The number of nitrogens with zero attached hydrogens (tertiary/aromatic N) is 2. The van der Waals surface area contributed by atoms with Crippen LogP contribution in [0.5, 0.6) is 0 Å². The zero-order valence-electron chi connectivity index (χ0n) is 8.14. The summed E-state index contributed by atoms with van der Waals surface area (Å²) in [4.78, 5) is 6.45. The number of rotatable bonds is 1. The Morgan fingerprint density at radius 2 is 2.29 bits per heavy atom. The lowest BCUT2D eigenvalue weighted by Crippen LogP contribution is -2.25. The first-order valence-electron chi connectivity index (χ1n) is 4.59. The lowest BCUT2D eigenvalue weighted by molar-refractivity contribution is 0.959. The fraction of sp³-hybridized carbons (Fsp3) is 0.182. The van der Waals surface area contributed by atoms with Gasteiger partial charge in [-0.1, -0.05) is 6.07 Å². The third kappa shape index (κ3) is 1.76. The first-order chi connectivity index (χ1) is 6.75. The molecular weight excluding hydrogens is 174 g/mol. The number of aryl methyl sites for hydroxylation is 1. The molecule has 1 aliphatic heterocycles. The summed E-state index contributed by atoms with van der Waals surface area (Å²) in [5.41, 5.74) is 7.62. The molecule has 0 radical (unpaired) electrons. The van der Waals surface area contributed by atoms with Crippen LogP contribution in [-0.4, -0.2) is 11.5 Å². The van der Waals surface area contributed by atoms with Gasteiger partial charge < -0.3 is 10.6 Å². The minimum absolute atomic E-state index is 0.715. The first kappa shape index (κ1) is 8.81. The van der Waals surface area contributed by atoms with E-state index in [-0.39, 0.29) is 0 Å². The number of anilines is 1. The highest BCUT2D eigenvalue weighted by Crippen LogP contribution is 2.14. The predicted octanol–water partition coefficient (Wildman–Crippen LogP) is 1.57. The molecule has 0 atom stereocenters. The molecule has 2 rings (SSSR count). The highest BCUT2D eigenvalue weighted by molar-refractivity contribution is 5.46. The van der Waals surface area contributed by atoms with Crippen LogP contribution in [0.3, 0.4) is 0 Å². The summed E-state index contributed by atoms with van der Waals surface area (Å²) in [5.74, 6) is 0.942. The molecular formula is C11H13N3. The molecule has 2 N–H and O–H groups in total. The quantitative estimate of drug-likeness (QED) is 0.725. The van der Waals surface area contributed by atoms with Crippen molar-refractivity contribution in [3.8, 4) is 0 Å². The summed E-state index contributed by atoms with van der Waals surface area (Å²) in [6, 6.07) is 5.96. The van der Waals surface area contributed by atoms with Crippen LogP contribution < -0.4 is 10.6 Å². The van der Waals surface area contributed by atoms with Crippen molar-refractivity contribution in [3.63, 3.8) is 0 Å². The molecule has 0 saturated heterocycles. The normalized spacial score (nSPS) is 15.5. The standard InChI is InChI=1S/C11H13N3/c1-9-4-2-6-11(13-9)14-7-3-5-10(12)8-14/h2-7H,8,12H2,1H3. The zero-order chi connectivity index (χ0) is 9.97. The maximum Gasteiger partial charge on any atom is 0.133 e. The van der Waals surface area contributed by atoms with E-state index in [0.717, 1.165) is 17.2 Å². The first-order valence-corrected chi connectivity index (χ1v) is 4.59. The lowest BCUT2D eigenvalue weighted by Gasteiger charge is -2.22. The van der Waals surface area contributed by atoms with Gasteiger partial charge in [0.1, 0.15) is 5.82 Å². The smallest absolute Gasteiger partial charge is 0.133 e. The molecule has 3 nitrogen and oxygen atoms in total. The monoisotopic (exact) mass is 187 g/mol. The molecule has 3 heteroatoms. The van der Waals surface area contributed by atoms with E-state index in [0.29, 0.717) is 6.54 Å². The molecule has 0 amide bonds. The van der Waals surface area contributed by atoms with E-state index in [1.54, 1.807) is 0 Å². The van der Waals surface area contributed by atoms with Gasteiger partial charge in [0.25, 0.3) is 0 Å². The fourth-order valence-corrected chi connectivity index (χ4v) is 1.42. The maximum atomic E-state index is 5.74. The number of allylic oxidation sites excluding steroid dienone is 2. The summed E-state index contributed by atoms with van der Waals surface area (Å²) in [7, 11) is 0. The molecule has 0 fully saturated rings. The molecule has 1 aliphatic rings. The SMILES string of the molecule is Cc1cccc(N2C=CC=C(N)C2)n1. The Hall–Kier alpha value is -1.77. The summed E-state index contributed by atoms with van der Waals surface area (Å²) < 4.78 is 0. The third-order valence-electron chi connectivity index (χ3n) is 2.10. The molecule has 1 aromatic heterocycles. The van der Waals surface area contributed by atoms with Crippen molar-refractivity contribution >= 4 is 5.82 Å². The van der Waals surface area contributed by atoms with Crippen LogP contribution in [0.25, 0.3) is 0 Å². The van der Waals surface area contributed by atoms with E-state index < -0.39 is 0 Å². The largest absolute Gasteiger partial charge is 0.401 e.